The number of nitrogens with one attached hydrogen (secondary N) is 1. The van der Waals surface area contributed by atoms with Crippen molar-refractivity contribution in [2.45, 2.75) is 4.90 Å². The summed E-state index contributed by atoms with van der Waals surface area (Å²) >= 11 is 8.90. The van der Waals surface area contributed by atoms with Crippen LogP contribution in [0.5, 0.6) is 11.5 Å². The first kappa shape index (κ1) is 23.2. The third-order valence-electron chi connectivity index (χ3n) is 4.76. The predicted octanol–water partition coefficient (Wildman–Crippen LogP) is 7.51. The van der Waals surface area contributed by atoms with Crippen molar-refractivity contribution in [2.75, 3.05) is 4.72 Å². The quantitative estimate of drug-likeness (QED) is 0.220. The van der Waals surface area contributed by atoms with Crippen LogP contribution in [-0.2, 0) is 0 Å². The minimum Gasteiger partial charge on any atom is -0.453 e. The number of ether oxygens (including phenoxy) is 1. The first-order chi connectivity index (χ1) is 17.1. The van der Waals surface area contributed by atoms with Gasteiger partial charge in [0, 0.05) is 40.5 Å². The Morgan fingerprint density at radius 2 is 1.80 bits per heavy atom. The highest BCUT2D eigenvalue weighted by Crippen LogP contribution is 2.39. The van der Waals surface area contributed by atoms with Crippen molar-refractivity contribution >= 4 is 40.7 Å². The highest BCUT2D eigenvalue weighted by Gasteiger charge is 2.16. The van der Waals surface area contributed by atoms with Crippen molar-refractivity contribution in [3.8, 4) is 33.9 Å². The Hall–Kier alpha value is -3.60. The molecule has 0 fully saturated rings. The van der Waals surface area contributed by atoms with Crippen LogP contribution in [0, 0.1) is 11.6 Å². The van der Waals surface area contributed by atoms with E-state index in [4.69, 9.17) is 16.3 Å². The molecule has 0 atom stereocenters. The van der Waals surface area contributed by atoms with Crippen LogP contribution in [0.1, 0.15) is 0 Å². The van der Waals surface area contributed by atoms with Crippen LogP contribution in [0.4, 0.5) is 14.6 Å². The molecule has 0 unspecified atom stereocenters. The van der Waals surface area contributed by atoms with Gasteiger partial charge in [0.15, 0.2) is 5.75 Å². The van der Waals surface area contributed by atoms with E-state index in [0.29, 0.717) is 34.0 Å². The maximum atomic E-state index is 14.8. The lowest BCUT2D eigenvalue weighted by Crippen LogP contribution is -1.96. The molecule has 6 nitrogen and oxygen atoms in total. The fourth-order valence-corrected chi connectivity index (χ4v) is 4.63. The summed E-state index contributed by atoms with van der Waals surface area (Å²) in [4.78, 5) is 16.9. The number of benzene rings is 2. The number of halogens is 3. The zero-order valence-corrected chi connectivity index (χ0v) is 20.0. The van der Waals surface area contributed by atoms with E-state index in [1.807, 2.05) is 0 Å². The van der Waals surface area contributed by atoms with Crippen LogP contribution in [0.15, 0.2) is 83.2 Å². The van der Waals surface area contributed by atoms with E-state index in [-0.39, 0.29) is 21.5 Å². The fourth-order valence-electron chi connectivity index (χ4n) is 3.15. The molecule has 3 aromatic heterocycles. The predicted molar refractivity (Wildman–Crippen MR) is 134 cm³/mol. The number of pyridine rings is 1. The molecule has 0 saturated carbocycles. The van der Waals surface area contributed by atoms with Crippen LogP contribution in [0.3, 0.4) is 0 Å². The lowest BCUT2D eigenvalue weighted by Gasteiger charge is -2.14. The summed E-state index contributed by atoms with van der Waals surface area (Å²) in [6.45, 7) is 0. The third-order valence-corrected chi connectivity index (χ3v) is 6.49. The molecule has 5 aromatic rings. The Morgan fingerprint density at radius 3 is 2.57 bits per heavy atom. The Morgan fingerprint density at radius 1 is 0.943 bits per heavy atom. The molecule has 35 heavy (non-hydrogen) atoms. The van der Waals surface area contributed by atoms with Gasteiger partial charge in [-0.05, 0) is 36.2 Å². The van der Waals surface area contributed by atoms with Gasteiger partial charge in [-0.25, -0.2) is 23.7 Å². The minimum atomic E-state index is -0.522. The van der Waals surface area contributed by atoms with Crippen molar-refractivity contribution in [1.82, 2.24) is 19.9 Å². The molecule has 1 N–H and O–H groups in total. The molecular formula is C24H14ClF2N5OS2. The lowest BCUT2D eigenvalue weighted by molar-refractivity contribution is 0.474. The summed E-state index contributed by atoms with van der Waals surface area (Å²) in [6.07, 6.45) is 6.09. The molecular weight excluding hydrogens is 512 g/mol. The summed E-state index contributed by atoms with van der Waals surface area (Å²) in [5, 5.41) is 2.01. The van der Waals surface area contributed by atoms with Gasteiger partial charge >= 0.3 is 0 Å². The van der Waals surface area contributed by atoms with Crippen molar-refractivity contribution in [2.24, 2.45) is 0 Å². The molecule has 0 saturated heterocycles. The highest BCUT2D eigenvalue weighted by molar-refractivity contribution is 8.00. The van der Waals surface area contributed by atoms with Crippen LogP contribution >= 0.6 is 34.9 Å². The molecule has 0 aliphatic rings. The molecule has 11 heteroatoms. The Bertz CT molecular complexity index is 1470. The summed E-state index contributed by atoms with van der Waals surface area (Å²) in [5.74, 6) is 0.141. The van der Waals surface area contributed by atoms with E-state index in [2.05, 4.69) is 24.7 Å². The first-order valence-electron chi connectivity index (χ1n) is 10.1. The smallest absolute Gasteiger partial charge is 0.153 e. The summed E-state index contributed by atoms with van der Waals surface area (Å²) in [7, 11) is 0. The average molecular weight is 526 g/mol. The van der Waals surface area contributed by atoms with Crippen molar-refractivity contribution in [3.63, 3.8) is 0 Å². The largest absolute Gasteiger partial charge is 0.453 e. The van der Waals surface area contributed by atoms with Gasteiger partial charge in [-0.15, -0.1) is 11.3 Å². The molecule has 0 radical (unpaired) electrons. The number of nitrogens with zero attached hydrogens (tertiary/aromatic N) is 4. The molecule has 2 aromatic carbocycles. The normalized spacial score (nSPS) is 10.8. The molecule has 174 valence electrons. The second-order valence-electron chi connectivity index (χ2n) is 7.10. The zero-order chi connectivity index (χ0) is 24.2. The van der Waals surface area contributed by atoms with Gasteiger partial charge in [0.2, 0.25) is 0 Å². The van der Waals surface area contributed by atoms with Crippen LogP contribution < -0.4 is 9.46 Å². The van der Waals surface area contributed by atoms with Crippen molar-refractivity contribution in [1.29, 1.82) is 0 Å². The second kappa shape index (κ2) is 10.3. The standard InChI is InChI=1S/C24H14ClF2N5OS2/c25-18-6-23(35-32-24-11-34-13-31-24)19(27)7-21(18)33-22-10-30-20(14-2-1-3-16(26)4-14)5-17(22)15-8-28-12-29-9-15/h1-13,32H. The Labute approximate surface area is 212 Å². The average Bonchev–Trinajstić information content (AvgIpc) is 3.40. The van der Waals surface area contributed by atoms with E-state index in [1.54, 1.807) is 41.5 Å². The number of anilines is 1. The monoisotopic (exact) mass is 525 g/mol. The van der Waals surface area contributed by atoms with E-state index < -0.39 is 5.82 Å². The van der Waals surface area contributed by atoms with Crippen LogP contribution in [0.2, 0.25) is 5.02 Å². The first-order valence-corrected chi connectivity index (χ1v) is 12.2. The van der Waals surface area contributed by atoms with E-state index in [9.17, 15) is 8.78 Å². The number of rotatable bonds is 7. The van der Waals surface area contributed by atoms with E-state index in [1.165, 1.54) is 48.1 Å². The lowest BCUT2D eigenvalue weighted by atomic mass is 10.0. The van der Waals surface area contributed by atoms with Gasteiger partial charge in [0.25, 0.3) is 0 Å². The van der Waals surface area contributed by atoms with E-state index >= 15 is 0 Å². The Kier molecular flexibility index (Phi) is 6.84. The molecule has 0 bridgehead atoms. The fraction of sp³-hybridized carbons (Fsp3) is 0. The summed E-state index contributed by atoms with van der Waals surface area (Å²) in [6, 6.07) is 10.5. The topological polar surface area (TPSA) is 72.8 Å². The van der Waals surface area contributed by atoms with Gasteiger partial charge in [0.05, 0.1) is 27.3 Å². The van der Waals surface area contributed by atoms with Crippen molar-refractivity contribution < 1.29 is 13.5 Å². The van der Waals surface area contributed by atoms with Crippen LogP contribution in [-0.4, -0.2) is 19.9 Å². The third kappa shape index (κ3) is 5.40. The van der Waals surface area contributed by atoms with Gasteiger partial charge in [-0.1, -0.05) is 23.7 Å². The van der Waals surface area contributed by atoms with Gasteiger partial charge in [-0.3, -0.25) is 4.98 Å². The molecule has 5 rings (SSSR count). The maximum Gasteiger partial charge on any atom is 0.153 e. The molecule has 3 heterocycles. The summed E-state index contributed by atoms with van der Waals surface area (Å²) < 4.78 is 37.5. The van der Waals surface area contributed by atoms with Gasteiger partial charge in [0.1, 0.15) is 29.5 Å². The number of hydrogen-bond donors (Lipinski definition) is 1. The number of aromatic nitrogens is 4. The zero-order valence-electron chi connectivity index (χ0n) is 17.7. The molecule has 0 spiro atoms. The van der Waals surface area contributed by atoms with E-state index in [0.717, 1.165) is 11.9 Å². The van der Waals surface area contributed by atoms with Crippen LogP contribution in [0.25, 0.3) is 22.4 Å². The molecule has 0 aliphatic carbocycles. The molecule has 0 aliphatic heterocycles. The highest BCUT2D eigenvalue weighted by atomic mass is 35.5. The van der Waals surface area contributed by atoms with Gasteiger partial charge < -0.3 is 9.46 Å². The SMILES string of the molecule is Fc1cccc(-c2cc(-c3cncnc3)c(Oc3cc(F)c(SNc4cscn4)cc3Cl)cn2)c1. The number of hydrogen-bond acceptors (Lipinski definition) is 8. The number of thiazole rings is 1. The summed E-state index contributed by atoms with van der Waals surface area (Å²) in [5.41, 5.74) is 4.01. The minimum absolute atomic E-state index is 0.112. The Balaban J connectivity index is 1.48. The molecule has 0 amide bonds. The second-order valence-corrected chi connectivity index (χ2v) is 9.07. The maximum absolute atomic E-state index is 14.8. The van der Waals surface area contributed by atoms with Crippen molar-refractivity contribution in [3.05, 3.63) is 94.9 Å². The van der Waals surface area contributed by atoms with Gasteiger partial charge in [-0.2, -0.15) is 0 Å².